The summed E-state index contributed by atoms with van der Waals surface area (Å²) in [7, 11) is 0. The van der Waals surface area contributed by atoms with Crippen LogP contribution in [-0.2, 0) is 4.74 Å². The van der Waals surface area contributed by atoms with Gasteiger partial charge >= 0.3 is 6.09 Å². The van der Waals surface area contributed by atoms with Crippen LogP contribution in [0.3, 0.4) is 0 Å². The molecule has 0 radical (unpaired) electrons. The fraction of sp³-hybridized carbons (Fsp3) is 0.533. The summed E-state index contributed by atoms with van der Waals surface area (Å²) >= 11 is 0. The molecular formula is C15H22N2O3. The first-order valence-electron chi connectivity index (χ1n) is 6.92. The van der Waals surface area contributed by atoms with Gasteiger partial charge in [0.15, 0.2) is 0 Å². The summed E-state index contributed by atoms with van der Waals surface area (Å²) in [5.74, 6) is 0. The van der Waals surface area contributed by atoms with Crippen molar-refractivity contribution >= 4 is 11.8 Å². The number of anilines is 1. The van der Waals surface area contributed by atoms with Crippen LogP contribution in [0.25, 0.3) is 0 Å². The zero-order chi connectivity index (χ0) is 14.8. The molecule has 5 heteroatoms. The van der Waals surface area contributed by atoms with E-state index in [0.29, 0.717) is 13.2 Å². The molecule has 1 aliphatic rings. The third kappa shape index (κ3) is 2.88. The number of para-hydroxylation sites is 1. The van der Waals surface area contributed by atoms with Crippen LogP contribution in [0.4, 0.5) is 10.5 Å². The Morgan fingerprint density at radius 2 is 2.10 bits per heavy atom. The average molecular weight is 278 g/mol. The molecule has 0 aliphatic carbocycles. The van der Waals surface area contributed by atoms with Crippen molar-refractivity contribution in [1.29, 1.82) is 0 Å². The van der Waals surface area contributed by atoms with E-state index in [-0.39, 0.29) is 6.04 Å². The summed E-state index contributed by atoms with van der Waals surface area (Å²) in [6.45, 7) is 7.55. The minimum atomic E-state index is -0.929. The molecule has 110 valence electrons. The summed E-state index contributed by atoms with van der Waals surface area (Å²) < 4.78 is 5.63. The number of hydrogen-bond acceptors (Lipinski definition) is 3. The topological polar surface area (TPSA) is 53.0 Å². The first-order chi connectivity index (χ1) is 9.45. The maximum absolute atomic E-state index is 11.5. The molecule has 1 aromatic rings. The third-order valence-electron chi connectivity index (χ3n) is 3.71. The zero-order valence-corrected chi connectivity index (χ0v) is 12.2. The van der Waals surface area contributed by atoms with E-state index in [2.05, 4.69) is 11.8 Å². The van der Waals surface area contributed by atoms with E-state index < -0.39 is 11.8 Å². The molecule has 0 saturated carbocycles. The van der Waals surface area contributed by atoms with Gasteiger partial charge in [0, 0.05) is 18.8 Å². The Kier molecular flexibility index (Phi) is 4.18. The molecule has 1 atom stereocenters. The van der Waals surface area contributed by atoms with Gasteiger partial charge in [0.05, 0.1) is 12.6 Å². The second-order valence-corrected chi connectivity index (χ2v) is 5.44. The van der Waals surface area contributed by atoms with E-state index in [1.807, 2.05) is 30.3 Å². The molecule has 0 bridgehead atoms. The Morgan fingerprint density at radius 1 is 1.45 bits per heavy atom. The van der Waals surface area contributed by atoms with Crippen LogP contribution in [0.1, 0.15) is 20.8 Å². The third-order valence-corrected chi connectivity index (χ3v) is 3.71. The monoisotopic (exact) mass is 278 g/mol. The summed E-state index contributed by atoms with van der Waals surface area (Å²) in [4.78, 5) is 15.0. The highest BCUT2D eigenvalue weighted by atomic mass is 16.5. The molecule has 1 fully saturated rings. The quantitative estimate of drug-likeness (QED) is 0.920. The van der Waals surface area contributed by atoms with Gasteiger partial charge in [-0.15, -0.1) is 0 Å². The maximum atomic E-state index is 11.5. The summed E-state index contributed by atoms with van der Waals surface area (Å²) in [5.41, 5.74) is 0.345. The van der Waals surface area contributed by atoms with Crippen molar-refractivity contribution < 1.29 is 14.6 Å². The molecule has 0 unspecified atom stereocenters. The predicted octanol–water partition coefficient (Wildman–Crippen LogP) is 2.63. The van der Waals surface area contributed by atoms with E-state index in [0.717, 1.165) is 12.2 Å². The van der Waals surface area contributed by atoms with Crippen molar-refractivity contribution in [2.45, 2.75) is 32.5 Å². The fourth-order valence-electron chi connectivity index (χ4n) is 2.72. The lowest BCUT2D eigenvalue weighted by molar-refractivity contribution is -0.0417. The van der Waals surface area contributed by atoms with Crippen LogP contribution >= 0.6 is 0 Å². The molecule has 1 amide bonds. The Bertz CT molecular complexity index is 461. The maximum Gasteiger partial charge on any atom is 0.409 e. The smallest absolute Gasteiger partial charge is 0.409 e. The van der Waals surface area contributed by atoms with E-state index in [4.69, 9.17) is 4.74 Å². The van der Waals surface area contributed by atoms with Crippen molar-refractivity contribution in [1.82, 2.24) is 4.90 Å². The lowest BCUT2D eigenvalue weighted by Gasteiger charge is -2.34. The van der Waals surface area contributed by atoms with Gasteiger partial charge in [-0.3, -0.25) is 4.90 Å². The number of amides is 1. The number of carbonyl (C=O) groups is 1. The zero-order valence-electron chi connectivity index (χ0n) is 12.2. The molecule has 1 N–H and O–H groups in total. The Balaban J connectivity index is 2.14. The van der Waals surface area contributed by atoms with E-state index in [1.165, 1.54) is 4.90 Å². The molecule has 1 aromatic carbocycles. The summed E-state index contributed by atoms with van der Waals surface area (Å²) in [6.07, 6.45) is -0.929. The number of hydrogen-bond donors (Lipinski definition) is 1. The number of ether oxygens (including phenoxy) is 1. The Morgan fingerprint density at radius 3 is 2.65 bits per heavy atom. The Hall–Kier alpha value is -1.75. The number of rotatable bonds is 4. The van der Waals surface area contributed by atoms with Gasteiger partial charge in [0.2, 0.25) is 0 Å². The first kappa shape index (κ1) is 14.7. The molecule has 0 aromatic heterocycles. The second kappa shape index (κ2) is 5.71. The van der Waals surface area contributed by atoms with Crippen molar-refractivity contribution in [2.24, 2.45) is 0 Å². The molecule has 1 heterocycles. The van der Waals surface area contributed by atoms with Crippen molar-refractivity contribution in [3.8, 4) is 0 Å². The fourth-order valence-corrected chi connectivity index (χ4v) is 2.72. The van der Waals surface area contributed by atoms with Crippen LogP contribution in [-0.4, -0.2) is 47.6 Å². The van der Waals surface area contributed by atoms with Crippen molar-refractivity contribution in [3.05, 3.63) is 30.3 Å². The van der Waals surface area contributed by atoms with Gasteiger partial charge in [0.1, 0.15) is 5.72 Å². The minimum absolute atomic E-state index is 0.150. The van der Waals surface area contributed by atoms with Crippen LogP contribution in [0, 0.1) is 0 Å². The summed E-state index contributed by atoms with van der Waals surface area (Å²) in [5, 5.41) is 9.40. The van der Waals surface area contributed by atoms with Crippen LogP contribution in [0.15, 0.2) is 30.3 Å². The average Bonchev–Trinajstić information content (AvgIpc) is 2.72. The van der Waals surface area contributed by atoms with Gasteiger partial charge in [-0.2, -0.15) is 0 Å². The van der Waals surface area contributed by atoms with Crippen LogP contribution in [0.2, 0.25) is 0 Å². The highest BCUT2D eigenvalue weighted by Crippen LogP contribution is 2.28. The lowest BCUT2D eigenvalue weighted by Crippen LogP contribution is -2.51. The Labute approximate surface area is 119 Å². The van der Waals surface area contributed by atoms with E-state index in [9.17, 15) is 9.90 Å². The molecule has 1 aliphatic heterocycles. The molecule has 20 heavy (non-hydrogen) atoms. The van der Waals surface area contributed by atoms with Gasteiger partial charge < -0.3 is 14.7 Å². The van der Waals surface area contributed by atoms with Crippen molar-refractivity contribution in [3.63, 3.8) is 0 Å². The molecular weight excluding hydrogens is 256 g/mol. The minimum Gasteiger partial charge on any atom is -0.465 e. The van der Waals surface area contributed by atoms with Gasteiger partial charge in [-0.1, -0.05) is 18.2 Å². The number of likely N-dealkylation sites (N-methyl/N-ethyl adjacent to an activating group) is 1. The molecule has 5 nitrogen and oxygen atoms in total. The SMILES string of the molecule is CCN(C[C@H]1COC(C)(C)N1C(=O)O)c1ccccc1. The number of nitrogens with zero attached hydrogens (tertiary/aromatic N) is 2. The van der Waals surface area contributed by atoms with E-state index in [1.54, 1.807) is 13.8 Å². The van der Waals surface area contributed by atoms with Gasteiger partial charge in [0.25, 0.3) is 0 Å². The highest BCUT2D eigenvalue weighted by molar-refractivity contribution is 5.67. The first-order valence-corrected chi connectivity index (χ1v) is 6.92. The largest absolute Gasteiger partial charge is 0.465 e. The lowest BCUT2D eigenvalue weighted by atomic mass is 10.2. The van der Waals surface area contributed by atoms with Crippen LogP contribution in [0.5, 0.6) is 0 Å². The second-order valence-electron chi connectivity index (χ2n) is 5.44. The standard InChI is InChI=1S/C15H22N2O3/c1-4-16(12-8-6-5-7-9-12)10-13-11-20-15(2,3)17(13)14(18)19/h5-9,13H,4,10-11H2,1-3H3,(H,18,19)/t13-/m0/s1. The van der Waals surface area contributed by atoms with Crippen molar-refractivity contribution in [2.75, 3.05) is 24.6 Å². The predicted molar refractivity (Wildman–Crippen MR) is 78.0 cm³/mol. The normalized spacial score (nSPS) is 20.9. The molecule has 2 rings (SSSR count). The van der Waals surface area contributed by atoms with E-state index >= 15 is 0 Å². The molecule has 1 saturated heterocycles. The highest BCUT2D eigenvalue weighted by Gasteiger charge is 2.44. The van der Waals surface area contributed by atoms with Gasteiger partial charge in [-0.05, 0) is 32.9 Å². The van der Waals surface area contributed by atoms with Gasteiger partial charge in [-0.25, -0.2) is 4.79 Å². The number of carboxylic acid groups (broad SMARTS) is 1. The number of benzene rings is 1. The summed E-state index contributed by atoms with van der Waals surface area (Å²) in [6, 6.07) is 9.88. The van der Waals surface area contributed by atoms with Crippen LogP contribution < -0.4 is 4.90 Å². The molecule has 0 spiro atoms.